The molecule has 0 aliphatic carbocycles. The summed E-state index contributed by atoms with van der Waals surface area (Å²) < 4.78 is 26.2. The first kappa shape index (κ1) is 17.1. The minimum atomic E-state index is -0.751. The summed E-state index contributed by atoms with van der Waals surface area (Å²) >= 11 is 0. The summed E-state index contributed by atoms with van der Waals surface area (Å²) in [7, 11) is 0. The number of nitrogens with one attached hydrogen (secondary N) is 1. The van der Waals surface area contributed by atoms with Crippen LogP contribution in [0.4, 0.5) is 14.5 Å². The molecule has 0 aliphatic heterocycles. The molecule has 25 heavy (non-hydrogen) atoms. The number of anilines is 1. The number of hydrogen-bond acceptors (Lipinski definition) is 2. The minimum Gasteiger partial charge on any atom is -0.388 e. The molecule has 3 aromatic rings. The Morgan fingerprint density at radius 1 is 0.720 bits per heavy atom. The largest absolute Gasteiger partial charge is 0.388 e. The fourth-order valence-electron chi connectivity index (χ4n) is 2.76. The van der Waals surface area contributed by atoms with Crippen LogP contribution in [0.3, 0.4) is 0 Å². The van der Waals surface area contributed by atoms with Gasteiger partial charge in [-0.25, -0.2) is 8.78 Å². The fourth-order valence-corrected chi connectivity index (χ4v) is 2.76. The lowest BCUT2D eigenvalue weighted by molar-refractivity contribution is 0.160. The van der Waals surface area contributed by atoms with Gasteiger partial charge in [0.05, 0.1) is 12.1 Å². The molecule has 0 saturated carbocycles. The molecular formula is C21H19F2NO. The van der Waals surface area contributed by atoms with Gasteiger partial charge in [-0.2, -0.15) is 0 Å². The van der Waals surface area contributed by atoms with Crippen LogP contribution in [-0.2, 0) is 0 Å². The third-order valence-electron chi connectivity index (χ3n) is 4.10. The van der Waals surface area contributed by atoms with Gasteiger partial charge >= 0.3 is 0 Å². The van der Waals surface area contributed by atoms with E-state index in [-0.39, 0.29) is 17.7 Å². The Morgan fingerprint density at radius 2 is 1.28 bits per heavy atom. The molecule has 0 fully saturated rings. The average Bonchev–Trinajstić information content (AvgIpc) is 2.64. The highest BCUT2D eigenvalue weighted by Crippen LogP contribution is 2.29. The maximum Gasteiger partial charge on any atom is 0.123 e. The number of aliphatic hydroxyl groups is 1. The van der Waals surface area contributed by atoms with Gasteiger partial charge in [0, 0.05) is 12.1 Å². The van der Waals surface area contributed by atoms with Gasteiger partial charge in [-0.1, -0.05) is 42.5 Å². The van der Waals surface area contributed by atoms with Crippen molar-refractivity contribution < 1.29 is 13.9 Å². The van der Waals surface area contributed by atoms with Crippen LogP contribution in [0.25, 0.3) is 0 Å². The highest BCUT2D eigenvalue weighted by atomic mass is 19.1. The Kier molecular flexibility index (Phi) is 5.41. The number of halogens is 2. The van der Waals surface area contributed by atoms with Gasteiger partial charge in [0.25, 0.3) is 0 Å². The quantitative estimate of drug-likeness (QED) is 0.643. The van der Waals surface area contributed by atoms with Crippen LogP contribution in [0, 0.1) is 11.6 Å². The van der Waals surface area contributed by atoms with E-state index in [9.17, 15) is 13.9 Å². The van der Waals surface area contributed by atoms with Gasteiger partial charge in [0.15, 0.2) is 0 Å². The summed E-state index contributed by atoms with van der Waals surface area (Å²) in [6, 6.07) is 21.5. The SMILES string of the molecule is OC(CC(Nc1ccc(F)cc1)c1ccccc1)c1ccc(F)cc1. The summed E-state index contributed by atoms with van der Waals surface area (Å²) in [4.78, 5) is 0. The van der Waals surface area contributed by atoms with Crippen molar-refractivity contribution in [1.82, 2.24) is 0 Å². The number of aliphatic hydroxyl groups excluding tert-OH is 1. The Bertz CT molecular complexity index is 788. The second-order valence-corrected chi connectivity index (χ2v) is 5.92. The lowest BCUT2D eigenvalue weighted by Crippen LogP contribution is -2.15. The summed E-state index contributed by atoms with van der Waals surface area (Å²) in [5.74, 6) is -0.631. The van der Waals surface area contributed by atoms with Crippen molar-refractivity contribution in [3.63, 3.8) is 0 Å². The van der Waals surface area contributed by atoms with E-state index in [1.54, 1.807) is 24.3 Å². The molecule has 0 radical (unpaired) electrons. The molecule has 3 aromatic carbocycles. The van der Waals surface area contributed by atoms with Gasteiger partial charge < -0.3 is 10.4 Å². The van der Waals surface area contributed by atoms with Crippen LogP contribution in [0.5, 0.6) is 0 Å². The van der Waals surface area contributed by atoms with Crippen molar-refractivity contribution in [3.8, 4) is 0 Å². The molecule has 0 saturated heterocycles. The minimum absolute atomic E-state index is 0.174. The summed E-state index contributed by atoms with van der Waals surface area (Å²) in [6.45, 7) is 0. The van der Waals surface area contributed by atoms with Gasteiger partial charge in [0.2, 0.25) is 0 Å². The van der Waals surface area contributed by atoms with Crippen molar-refractivity contribution in [2.45, 2.75) is 18.6 Å². The van der Waals surface area contributed by atoms with E-state index in [0.717, 1.165) is 11.3 Å². The van der Waals surface area contributed by atoms with Gasteiger partial charge in [-0.15, -0.1) is 0 Å². The van der Waals surface area contributed by atoms with Crippen molar-refractivity contribution >= 4 is 5.69 Å². The molecule has 0 amide bonds. The maximum absolute atomic E-state index is 13.1. The van der Waals surface area contributed by atoms with Crippen LogP contribution >= 0.6 is 0 Å². The summed E-state index contributed by atoms with van der Waals surface area (Å²) in [5.41, 5.74) is 2.43. The standard InChI is InChI=1S/C21H19F2NO/c22-17-8-6-16(7-9-17)21(25)14-20(15-4-2-1-3-5-15)24-19-12-10-18(23)11-13-19/h1-13,20-21,24-25H,14H2. The Labute approximate surface area is 145 Å². The van der Waals surface area contributed by atoms with Crippen molar-refractivity contribution in [2.24, 2.45) is 0 Å². The lowest BCUT2D eigenvalue weighted by atomic mass is 9.96. The number of benzene rings is 3. The third kappa shape index (κ3) is 4.64. The lowest BCUT2D eigenvalue weighted by Gasteiger charge is -2.23. The van der Waals surface area contributed by atoms with Crippen LogP contribution in [0.1, 0.15) is 29.7 Å². The fraction of sp³-hybridized carbons (Fsp3) is 0.143. The molecule has 0 bridgehead atoms. The van der Waals surface area contributed by atoms with E-state index in [4.69, 9.17) is 0 Å². The van der Waals surface area contributed by atoms with Gasteiger partial charge in [-0.3, -0.25) is 0 Å². The smallest absolute Gasteiger partial charge is 0.123 e. The predicted molar refractivity (Wildman–Crippen MR) is 95.2 cm³/mol. The maximum atomic E-state index is 13.1. The Hall–Kier alpha value is -2.72. The predicted octanol–water partition coefficient (Wildman–Crippen LogP) is 5.24. The topological polar surface area (TPSA) is 32.3 Å². The van der Waals surface area contributed by atoms with E-state index < -0.39 is 6.10 Å². The van der Waals surface area contributed by atoms with Crippen LogP contribution in [0.15, 0.2) is 78.9 Å². The molecule has 2 N–H and O–H groups in total. The molecular weight excluding hydrogens is 320 g/mol. The second-order valence-electron chi connectivity index (χ2n) is 5.92. The molecule has 2 atom stereocenters. The molecule has 2 unspecified atom stereocenters. The van der Waals surface area contributed by atoms with E-state index in [2.05, 4.69) is 5.32 Å². The average molecular weight is 339 g/mol. The zero-order valence-corrected chi connectivity index (χ0v) is 13.6. The zero-order chi connectivity index (χ0) is 17.6. The molecule has 4 heteroatoms. The molecule has 0 aliphatic rings. The highest BCUT2D eigenvalue weighted by Gasteiger charge is 2.18. The van der Waals surface area contributed by atoms with Crippen LogP contribution < -0.4 is 5.32 Å². The van der Waals surface area contributed by atoms with Crippen molar-refractivity contribution in [3.05, 3.63) is 102 Å². The highest BCUT2D eigenvalue weighted by molar-refractivity contribution is 5.45. The number of rotatable bonds is 6. The second kappa shape index (κ2) is 7.90. The van der Waals surface area contributed by atoms with E-state index in [1.165, 1.54) is 24.3 Å². The zero-order valence-electron chi connectivity index (χ0n) is 13.6. The number of hydrogen-bond donors (Lipinski definition) is 2. The van der Waals surface area contributed by atoms with Crippen LogP contribution in [0.2, 0.25) is 0 Å². The Morgan fingerprint density at radius 3 is 1.88 bits per heavy atom. The molecule has 0 spiro atoms. The summed E-state index contributed by atoms with van der Waals surface area (Å²) in [6.07, 6.45) is -0.355. The molecule has 0 heterocycles. The molecule has 3 rings (SSSR count). The van der Waals surface area contributed by atoms with E-state index >= 15 is 0 Å². The van der Waals surface area contributed by atoms with Crippen LogP contribution in [-0.4, -0.2) is 5.11 Å². The normalized spacial score (nSPS) is 13.2. The molecule has 0 aromatic heterocycles. The van der Waals surface area contributed by atoms with Gasteiger partial charge in [0.1, 0.15) is 11.6 Å². The first-order chi connectivity index (χ1) is 12.1. The first-order valence-electron chi connectivity index (χ1n) is 8.12. The third-order valence-corrected chi connectivity index (χ3v) is 4.10. The molecule has 2 nitrogen and oxygen atoms in total. The van der Waals surface area contributed by atoms with Crippen molar-refractivity contribution in [2.75, 3.05) is 5.32 Å². The van der Waals surface area contributed by atoms with Gasteiger partial charge in [-0.05, 0) is 47.5 Å². The first-order valence-corrected chi connectivity index (χ1v) is 8.12. The monoisotopic (exact) mass is 339 g/mol. The molecule has 128 valence electrons. The van der Waals surface area contributed by atoms with Crippen molar-refractivity contribution in [1.29, 1.82) is 0 Å². The summed E-state index contributed by atoms with van der Waals surface area (Å²) in [5, 5.41) is 13.9. The Balaban J connectivity index is 1.81. The van der Waals surface area contributed by atoms with E-state index in [0.29, 0.717) is 12.0 Å². The van der Waals surface area contributed by atoms with E-state index in [1.807, 2.05) is 30.3 Å².